The zero-order valence-corrected chi connectivity index (χ0v) is 12.3. The van der Waals surface area contributed by atoms with Crippen LogP contribution in [0, 0.1) is 12.7 Å². The first-order chi connectivity index (χ1) is 8.52. The number of nitrogens with one attached hydrogen (secondary N) is 1. The van der Waals surface area contributed by atoms with Gasteiger partial charge in [0.1, 0.15) is 5.82 Å². The van der Waals surface area contributed by atoms with Gasteiger partial charge in [-0.2, -0.15) is 0 Å². The molecule has 96 valence electrons. The zero-order chi connectivity index (χ0) is 13.3. The minimum absolute atomic E-state index is 0.156. The van der Waals surface area contributed by atoms with Crippen molar-refractivity contribution in [3.63, 3.8) is 0 Å². The van der Waals surface area contributed by atoms with Gasteiger partial charge < -0.3 is 5.32 Å². The van der Waals surface area contributed by atoms with E-state index in [1.165, 1.54) is 23.5 Å². The summed E-state index contributed by atoms with van der Waals surface area (Å²) in [5, 5.41) is 3.15. The normalized spacial score (nSPS) is 12.7. The SMILES string of the molecule is CNC(c1cc(F)ccc1C)c1cc(Cl)sc1Cl. The van der Waals surface area contributed by atoms with Gasteiger partial charge in [0.05, 0.1) is 14.7 Å². The highest BCUT2D eigenvalue weighted by Crippen LogP contribution is 2.38. The molecule has 1 unspecified atom stereocenters. The molecule has 0 saturated heterocycles. The Morgan fingerprint density at radius 2 is 1.94 bits per heavy atom. The van der Waals surface area contributed by atoms with E-state index < -0.39 is 0 Å². The second kappa shape index (κ2) is 5.57. The Hall–Kier alpha value is -0.610. The molecule has 0 fully saturated rings. The van der Waals surface area contributed by atoms with Crippen LogP contribution < -0.4 is 5.32 Å². The molecule has 1 heterocycles. The van der Waals surface area contributed by atoms with Crippen molar-refractivity contribution < 1.29 is 4.39 Å². The lowest BCUT2D eigenvalue weighted by Crippen LogP contribution is -2.18. The highest BCUT2D eigenvalue weighted by atomic mass is 35.5. The van der Waals surface area contributed by atoms with Gasteiger partial charge in [0, 0.05) is 5.56 Å². The van der Waals surface area contributed by atoms with Crippen molar-refractivity contribution in [1.82, 2.24) is 5.32 Å². The van der Waals surface area contributed by atoms with E-state index in [4.69, 9.17) is 23.2 Å². The third kappa shape index (κ3) is 2.69. The summed E-state index contributed by atoms with van der Waals surface area (Å²) in [7, 11) is 1.82. The summed E-state index contributed by atoms with van der Waals surface area (Å²) in [5.41, 5.74) is 2.76. The number of halogens is 3. The fourth-order valence-corrected chi connectivity index (χ4v) is 3.48. The first-order valence-corrected chi connectivity index (χ1v) is 6.98. The summed E-state index contributed by atoms with van der Waals surface area (Å²) in [5.74, 6) is -0.256. The molecular formula is C13H12Cl2FNS. The van der Waals surface area contributed by atoms with E-state index in [0.717, 1.165) is 16.7 Å². The second-order valence-corrected chi connectivity index (χ2v) is 6.29. The molecule has 0 aliphatic heterocycles. The van der Waals surface area contributed by atoms with Crippen LogP contribution in [0.1, 0.15) is 22.7 Å². The molecule has 0 spiro atoms. The van der Waals surface area contributed by atoms with Gasteiger partial charge in [-0.05, 0) is 43.3 Å². The van der Waals surface area contributed by atoms with Crippen LogP contribution in [0.4, 0.5) is 4.39 Å². The standard InChI is InChI=1S/C13H12Cl2FNS/c1-7-3-4-8(16)5-9(7)12(17-2)10-6-11(14)18-13(10)15/h3-6,12,17H,1-2H3. The molecule has 1 atom stereocenters. The molecule has 0 aliphatic carbocycles. The van der Waals surface area contributed by atoms with Crippen LogP contribution in [0.2, 0.25) is 8.67 Å². The fraction of sp³-hybridized carbons (Fsp3) is 0.231. The molecule has 0 saturated carbocycles. The molecule has 1 aromatic heterocycles. The monoisotopic (exact) mass is 303 g/mol. The number of hydrogen-bond acceptors (Lipinski definition) is 2. The lowest BCUT2D eigenvalue weighted by Gasteiger charge is -2.18. The van der Waals surface area contributed by atoms with Crippen molar-refractivity contribution >= 4 is 34.5 Å². The lowest BCUT2D eigenvalue weighted by molar-refractivity contribution is 0.615. The third-order valence-electron chi connectivity index (χ3n) is 2.84. The van der Waals surface area contributed by atoms with Crippen LogP contribution in [0.15, 0.2) is 24.3 Å². The van der Waals surface area contributed by atoms with Crippen molar-refractivity contribution in [3.05, 3.63) is 55.4 Å². The molecule has 18 heavy (non-hydrogen) atoms. The molecule has 2 rings (SSSR count). The topological polar surface area (TPSA) is 12.0 Å². The molecule has 0 bridgehead atoms. The highest BCUT2D eigenvalue weighted by Gasteiger charge is 2.20. The predicted octanol–water partition coefficient (Wildman–Crippen LogP) is 4.81. The van der Waals surface area contributed by atoms with Crippen molar-refractivity contribution in [1.29, 1.82) is 0 Å². The van der Waals surface area contributed by atoms with Gasteiger partial charge in [0.2, 0.25) is 0 Å². The number of aryl methyl sites for hydroxylation is 1. The van der Waals surface area contributed by atoms with Gasteiger partial charge in [0.15, 0.2) is 0 Å². The Labute approximate surface area is 120 Å². The summed E-state index contributed by atoms with van der Waals surface area (Å²) in [6, 6.07) is 6.40. The minimum Gasteiger partial charge on any atom is -0.309 e. The highest BCUT2D eigenvalue weighted by molar-refractivity contribution is 7.20. The van der Waals surface area contributed by atoms with Crippen molar-refractivity contribution in [2.45, 2.75) is 13.0 Å². The van der Waals surface area contributed by atoms with E-state index in [9.17, 15) is 4.39 Å². The van der Waals surface area contributed by atoms with E-state index >= 15 is 0 Å². The van der Waals surface area contributed by atoms with Crippen molar-refractivity contribution in [2.75, 3.05) is 7.05 Å². The van der Waals surface area contributed by atoms with Crippen LogP contribution >= 0.6 is 34.5 Å². The molecule has 2 aromatic rings. The van der Waals surface area contributed by atoms with E-state index in [0.29, 0.717) is 8.67 Å². The van der Waals surface area contributed by atoms with Crippen molar-refractivity contribution in [2.24, 2.45) is 0 Å². The Morgan fingerprint density at radius 1 is 1.22 bits per heavy atom. The molecule has 0 aliphatic rings. The van der Waals surface area contributed by atoms with Gasteiger partial charge in [-0.1, -0.05) is 29.3 Å². The summed E-state index contributed by atoms with van der Waals surface area (Å²) in [6.45, 7) is 1.95. The molecule has 0 amide bonds. The Kier molecular flexibility index (Phi) is 4.28. The van der Waals surface area contributed by atoms with E-state index in [1.54, 1.807) is 6.07 Å². The number of rotatable bonds is 3. The first kappa shape index (κ1) is 13.8. The lowest BCUT2D eigenvalue weighted by atomic mass is 9.97. The largest absolute Gasteiger partial charge is 0.309 e. The average molecular weight is 304 g/mol. The molecule has 0 radical (unpaired) electrons. The molecule has 1 N–H and O–H groups in total. The van der Waals surface area contributed by atoms with Gasteiger partial charge in [-0.25, -0.2) is 4.39 Å². The zero-order valence-electron chi connectivity index (χ0n) is 9.93. The number of benzene rings is 1. The quantitative estimate of drug-likeness (QED) is 0.858. The van der Waals surface area contributed by atoms with Gasteiger partial charge in [-0.15, -0.1) is 11.3 Å². The number of thiophene rings is 1. The van der Waals surface area contributed by atoms with Crippen LogP contribution in [0.25, 0.3) is 0 Å². The summed E-state index contributed by atoms with van der Waals surface area (Å²) >= 11 is 13.4. The smallest absolute Gasteiger partial charge is 0.123 e. The van der Waals surface area contributed by atoms with Gasteiger partial charge in [-0.3, -0.25) is 0 Å². The van der Waals surface area contributed by atoms with E-state index in [-0.39, 0.29) is 11.9 Å². The summed E-state index contributed by atoms with van der Waals surface area (Å²) in [4.78, 5) is 0. The van der Waals surface area contributed by atoms with Crippen LogP contribution in [0.5, 0.6) is 0 Å². The molecule has 5 heteroatoms. The Morgan fingerprint density at radius 3 is 2.50 bits per heavy atom. The third-order valence-corrected chi connectivity index (χ3v) is 4.35. The van der Waals surface area contributed by atoms with Gasteiger partial charge in [0.25, 0.3) is 0 Å². The average Bonchev–Trinajstić information content (AvgIpc) is 2.64. The fourth-order valence-electron chi connectivity index (χ4n) is 1.95. The maximum Gasteiger partial charge on any atom is 0.123 e. The molecule has 1 nitrogen and oxygen atoms in total. The van der Waals surface area contributed by atoms with E-state index in [1.807, 2.05) is 20.0 Å². The Bertz CT molecular complexity index is 568. The van der Waals surface area contributed by atoms with Crippen molar-refractivity contribution in [3.8, 4) is 0 Å². The minimum atomic E-state index is -0.256. The predicted molar refractivity (Wildman–Crippen MR) is 76.4 cm³/mol. The maximum absolute atomic E-state index is 13.4. The van der Waals surface area contributed by atoms with Crippen LogP contribution in [-0.2, 0) is 0 Å². The summed E-state index contributed by atoms with van der Waals surface area (Å²) in [6.07, 6.45) is 0. The van der Waals surface area contributed by atoms with Crippen LogP contribution in [0.3, 0.4) is 0 Å². The van der Waals surface area contributed by atoms with Gasteiger partial charge >= 0.3 is 0 Å². The Balaban J connectivity index is 2.51. The van der Waals surface area contributed by atoms with E-state index in [2.05, 4.69) is 5.32 Å². The number of hydrogen-bond donors (Lipinski definition) is 1. The second-order valence-electron chi connectivity index (χ2n) is 4.00. The maximum atomic E-state index is 13.4. The molecule has 1 aromatic carbocycles. The summed E-state index contributed by atoms with van der Waals surface area (Å²) < 4.78 is 14.6. The van der Waals surface area contributed by atoms with Crippen LogP contribution in [-0.4, -0.2) is 7.05 Å². The molecular weight excluding hydrogens is 292 g/mol. The first-order valence-electron chi connectivity index (χ1n) is 5.41.